The van der Waals surface area contributed by atoms with E-state index in [1.165, 1.54) is 12.7 Å². The van der Waals surface area contributed by atoms with E-state index in [2.05, 4.69) is 39.6 Å². The van der Waals surface area contributed by atoms with Crippen LogP contribution in [-0.2, 0) is 6.42 Å². The van der Waals surface area contributed by atoms with Gasteiger partial charge in [0.05, 0.1) is 10.9 Å². The van der Waals surface area contributed by atoms with Gasteiger partial charge in [0.2, 0.25) is 0 Å². The summed E-state index contributed by atoms with van der Waals surface area (Å²) >= 11 is 5.17. The quantitative estimate of drug-likeness (QED) is 0.743. The van der Waals surface area contributed by atoms with Crippen LogP contribution in [0.4, 0.5) is 4.39 Å². The van der Waals surface area contributed by atoms with Crippen molar-refractivity contribution in [3.05, 3.63) is 50.4 Å². The van der Waals surface area contributed by atoms with Gasteiger partial charge in [0.15, 0.2) is 11.6 Å². The van der Waals surface area contributed by atoms with E-state index in [-0.39, 0.29) is 17.6 Å². The lowest BCUT2D eigenvalue weighted by Gasteiger charge is -2.18. The Kier molecular flexibility index (Phi) is 6.21. The predicted octanol–water partition coefficient (Wildman–Crippen LogP) is 4.94. The Morgan fingerprint density at radius 3 is 2.76 bits per heavy atom. The molecule has 21 heavy (non-hydrogen) atoms. The zero-order valence-electron chi connectivity index (χ0n) is 12.2. The smallest absolute Gasteiger partial charge is 0.165 e. The summed E-state index contributed by atoms with van der Waals surface area (Å²) in [4.78, 5) is 0. The molecule has 0 fully saturated rings. The third-order valence-corrected chi connectivity index (χ3v) is 4.81. The van der Waals surface area contributed by atoms with E-state index in [1.807, 2.05) is 6.07 Å². The molecule has 0 aliphatic rings. The van der Waals surface area contributed by atoms with Crippen LogP contribution in [-0.4, -0.2) is 13.7 Å². The lowest BCUT2D eigenvalue weighted by atomic mass is 10.0. The number of nitrogens with one attached hydrogen (secondary N) is 1. The number of hydrogen-bond acceptors (Lipinski definition) is 3. The highest BCUT2D eigenvalue weighted by Gasteiger charge is 2.14. The number of ether oxygens (including phenoxy) is 1. The van der Waals surface area contributed by atoms with Gasteiger partial charge in [-0.2, -0.15) is 0 Å². The molecule has 1 aromatic heterocycles. The molecular weight excluding hydrogens is 353 g/mol. The summed E-state index contributed by atoms with van der Waals surface area (Å²) in [5.74, 6) is -0.0224. The lowest BCUT2D eigenvalue weighted by molar-refractivity contribution is 0.386. The standard InChI is InChI=1S/C16H19BrFNOS/c1-3-6-19-14(12-9-16(17)21-10-12)8-11-4-5-15(20-2)13(18)7-11/h4-5,7,9-10,14,19H,3,6,8H2,1-2H3. The van der Waals surface area contributed by atoms with Crippen molar-refractivity contribution < 1.29 is 9.13 Å². The van der Waals surface area contributed by atoms with Crippen LogP contribution in [0.25, 0.3) is 0 Å². The molecule has 0 bridgehead atoms. The molecule has 0 aliphatic carbocycles. The van der Waals surface area contributed by atoms with Gasteiger partial charge in [0.1, 0.15) is 0 Å². The molecule has 2 rings (SSSR count). The maximum atomic E-state index is 13.8. The van der Waals surface area contributed by atoms with Gasteiger partial charge in [-0.15, -0.1) is 11.3 Å². The van der Waals surface area contributed by atoms with Crippen molar-refractivity contribution >= 4 is 27.3 Å². The zero-order valence-corrected chi connectivity index (χ0v) is 14.6. The van der Waals surface area contributed by atoms with Crippen molar-refractivity contribution in [2.75, 3.05) is 13.7 Å². The van der Waals surface area contributed by atoms with E-state index in [9.17, 15) is 4.39 Å². The molecule has 1 heterocycles. The third kappa shape index (κ3) is 4.53. The Morgan fingerprint density at radius 2 is 2.19 bits per heavy atom. The van der Waals surface area contributed by atoms with Crippen molar-refractivity contribution in [2.45, 2.75) is 25.8 Å². The largest absolute Gasteiger partial charge is 0.494 e. The zero-order chi connectivity index (χ0) is 15.2. The van der Waals surface area contributed by atoms with Gasteiger partial charge in [0.25, 0.3) is 0 Å². The van der Waals surface area contributed by atoms with E-state index in [1.54, 1.807) is 23.5 Å². The number of halogens is 2. The molecule has 1 N–H and O–H groups in total. The van der Waals surface area contributed by atoms with E-state index >= 15 is 0 Å². The Morgan fingerprint density at radius 1 is 1.38 bits per heavy atom. The lowest BCUT2D eigenvalue weighted by Crippen LogP contribution is -2.23. The molecule has 114 valence electrons. The van der Waals surface area contributed by atoms with E-state index in [0.29, 0.717) is 0 Å². The molecule has 0 saturated heterocycles. The molecule has 0 amide bonds. The molecule has 1 atom stereocenters. The van der Waals surface area contributed by atoms with Crippen LogP contribution >= 0.6 is 27.3 Å². The minimum atomic E-state index is -0.309. The van der Waals surface area contributed by atoms with Crippen LogP contribution in [0, 0.1) is 5.82 Å². The molecule has 0 saturated carbocycles. The first-order chi connectivity index (χ1) is 10.1. The SMILES string of the molecule is CCCNC(Cc1ccc(OC)c(F)c1)c1csc(Br)c1. The van der Waals surface area contributed by atoms with Crippen molar-refractivity contribution in [1.29, 1.82) is 0 Å². The van der Waals surface area contributed by atoms with Gasteiger partial charge < -0.3 is 10.1 Å². The second-order valence-corrected chi connectivity index (χ2v) is 7.15. The van der Waals surface area contributed by atoms with Crippen molar-refractivity contribution in [3.8, 4) is 5.75 Å². The van der Waals surface area contributed by atoms with Gasteiger partial charge in [-0.1, -0.05) is 13.0 Å². The Bertz CT molecular complexity index is 587. The van der Waals surface area contributed by atoms with Crippen LogP contribution in [0.1, 0.15) is 30.5 Å². The normalized spacial score (nSPS) is 12.4. The van der Waals surface area contributed by atoms with Crippen LogP contribution in [0.15, 0.2) is 33.4 Å². The summed E-state index contributed by atoms with van der Waals surface area (Å²) in [6.45, 7) is 3.08. The summed E-state index contributed by atoms with van der Waals surface area (Å²) in [6, 6.07) is 7.48. The summed E-state index contributed by atoms with van der Waals surface area (Å²) in [5.41, 5.74) is 2.20. The maximum Gasteiger partial charge on any atom is 0.165 e. The molecule has 2 nitrogen and oxygen atoms in total. The van der Waals surface area contributed by atoms with Crippen LogP contribution in [0.3, 0.4) is 0 Å². The van der Waals surface area contributed by atoms with Gasteiger partial charge in [-0.05, 0) is 70.0 Å². The Hall–Kier alpha value is -0.910. The minimum Gasteiger partial charge on any atom is -0.494 e. The Labute approximate surface area is 137 Å². The summed E-state index contributed by atoms with van der Waals surface area (Å²) < 4.78 is 19.9. The average molecular weight is 372 g/mol. The number of benzene rings is 1. The number of thiophene rings is 1. The maximum absolute atomic E-state index is 13.8. The fraction of sp³-hybridized carbons (Fsp3) is 0.375. The van der Waals surface area contributed by atoms with Gasteiger partial charge in [0, 0.05) is 6.04 Å². The number of hydrogen-bond donors (Lipinski definition) is 1. The second kappa shape index (κ2) is 7.92. The predicted molar refractivity (Wildman–Crippen MR) is 89.7 cm³/mol. The summed E-state index contributed by atoms with van der Waals surface area (Å²) in [6.07, 6.45) is 1.82. The second-order valence-electron chi connectivity index (χ2n) is 4.86. The first-order valence-electron chi connectivity index (χ1n) is 6.93. The first kappa shape index (κ1) is 16.5. The van der Waals surface area contributed by atoms with Gasteiger partial charge in [-0.25, -0.2) is 4.39 Å². The fourth-order valence-electron chi connectivity index (χ4n) is 2.21. The summed E-state index contributed by atoms with van der Waals surface area (Å²) in [7, 11) is 1.48. The van der Waals surface area contributed by atoms with E-state index in [4.69, 9.17) is 4.74 Å². The molecule has 0 spiro atoms. The third-order valence-electron chi connectivity index (χ3n) is 3.29. The van der Waals surface area contributed by atoms with Gasteiger partial charge in [-0.3, -0.25) is 0 Å². The van der Waals surface area contributed by atoms with Crippen LogP contribution < -0.4 is 10.1 Å². The van der Waals surface area contributed by atoms with E-state index < -0.39 is 0 Å². The topological polar surface area (TPSA) is 21.3 Å². The molecule has 5 heteroatoms. The molecule has 2 aromatic rings. The van der Waals surface area contributed by atoms with Crippen molar-refractivity contribution in [2.24, 2.45) is 0 Å². The fourth-order valence-corrected chi connectivity index (χ4v) is 3.43. The summed E-state index contributed by atoms with van der Waals surface area (Å²) in [5, 5.41) is 5.66. The highest BCUT2D eigenvalue weighted by molar-refractivity contribution is 9.11. The average Bonchev–Trinajstić information content (AvgIpc) is 2.90. The molecule has 0 aliphatic heterocycles. The first-order valence-corrected chi connectivity index (χ1v) is 8.61. The minimum absolute atomic E-state index is 0.195. The van der Waals surface area contributed by atoms with Crippen LogP contribution in [0.5, 0.6) is 5.75 Å². The molecule has 0 radical (unpaired) electrons. The van der Waals surface area contributed by atoms with Crippen molar-refractivity contribution in [1.82, 2.24) is 5.32 Å². The Balaban J connectivity index is 2.16. The molecule has 1 aromatic carbocycles. The monoisotopic (exact) mass is 371 g/mol. The van der Waals surface area contributed by atoms with Gasteiger partial charge >= 0.3 is 0 Å². The van der Waals surface area contributed by atoms with Crippen LogP contribution in [0.2, 0.25) is 0 Å². The number of rotatable bonds is 7. The van der Waals surface area contributed by atoms with Crippen molar-refractivity contribution in [3.63, 3.8) is 0 Å². The highest BCUT2D eigenvalue weighted by atomic mass is 79.9. The van der Waals surface area contributed by atoms with E-state index in [0.717, 1.165) is 28.7 Å². The number of methoxy groups -OCH3 is 1. The highest BCUT2D eigenvalue weighted by Crippen LogP contribution is 2.28. The molecule has 1 unspecified atom stereocenters. The molecular formula is C16H19BrFNOS.